The first kappa shape index (κ1) is 24.7. The topological polar surface area (TPSA) is 91.4 Å². The third-order valence-electron chi connectivity index (χ3n) is 11.5. The molecule has 200 valence electrons. The Kier molecular flexibility index (Phi) is 5.42. The van der Waals surface area contributed by atoms with Crippen molar-refractivity contribution >= 4 is 17.9 Å². The number of likely N-dealkylation sites (tertiary alicyclic amines) is 1. The highest BCUT2D eigenvalue weighted by Crippen LogP contribution is 2.79. The molecule has 0 N–H and O–H groups in total. The number of carbonyl (C=O) groups excluding carboxylic acids is 3. The predicted octanol–water partition coefficient (Wildman–Crippen LogP) is 2.96. The van der Waals surface area contributed by atoms with E-state index >= 15 is 0 Å². The highest BCUT2D eigenvalue weighted by atomic mass is 16.6. The van der Waals surface area contributed by atoms with Crippen molar-refractivity contribution in [1.29, 1.82) is 0 Å². The molecule has 6 aliphatic rings. The van der Waals surface area contributed by atoms with Crippen LogP contribution in [0.25, 0.3) is 0 Å². The van der Waals surface area contributed by atoms with E-state index in [0.717, 1.165) is 38.8 Å². The Bertz CT molecular complexity index is 985. The molecule has 0 radical (unpaired) electrons. The predicted molar refractivity (Wildman–Crippen MR) is 129 cm³/mol. The third-order valence-corrected chi connectivity index (χ3v) is 11.5. The Morgan fingerprint density at radius 2 is 1.72 bits per heavy atom. The van der Waals surface area contributed by atoms with Gasteiger partial charge in [-0.15, -0.1) is 0 Å². The number of piperidine rings is 1. The molecule has 0 aromatic rings. The molecule has 0 aromatic carbocycles. The molecule has 0 aromatic heterocycles. The molecule has 8 heteroatoms. The second-order valence-corrected chi connectivity index (χ2v) is 12.8. The maximum Gasteiger partial charge on any atom is 0.303 e. The molecule has 1 spiro atoms. The minimum absolute atomic E-state index is 0.0354. The Hall–Kier alpha value is -1.67. The molecule has 0 amide bonds. The van der Waals surface area contributed by atoms with E-state index < -0.39 is 5.60 Å². The molecule has 5 saturated carbocycles. The van der Waals surface area contributed by atoms with Gasteiger partial charge in [-0.1, -0.05) is 13.8 Å². The number of ether oxygens (including phenoxy) is 4. The molecule has 1 heterocycles. The van der Waals surface area contributed by atoms with Crippen LogP contribution in [0.3, 0.4) is 0 Å². The largest absolute Gasteiger partial charge is 0.462 e. The summed E-state index contributed by atoms with van der Waals surface area (Å²) < 4.78 is 24.9. The Labute approximate surface area is 213 Å². The van der Waals surface area contributed by atoms with Crippen molar-refractivity contribution in [3.05, 3.63) is 0 Å². The number of rotatable bonds is 5. The summed E-state index contributed by atoms with van der Waals surface area (Å²) in [6.07, 6.45) is 3.54. The average Bonchev–Trinajstić information content (AvgIpc) is 3.23. The number of hydrogen-bond donors (Lipinski definition) is 0. The second kappa shape index (κ2) is 7.92. The van der Waals surface area contributed by atoms with Gasteiger partial charge in [-0.05, 0) is 49.5 Å². The molecule has 6 rings (SSSR count). The molecule has 8 nitrogen and oxygen atoms in total. The molecular weight excluding hydrogens is 462 g/mol. The maximum atomic E-state index is 12.8. The van der Waals surface area contributed by atoms with Crippen LogP contribution in [0.15, 0.2) is 0 Å². The van der Waals surface area contributed by atoms with Crippen LogP contribution < -0.4 is 0 Å². The van der Waals surface area contributed by atoms with Gasteiger partial charge < -0.3 is 18.9 Å². The van der Waals surface area contributed by atoms with Gasteiger partial charge in [0.25, 0.3) is 0 Å². The van der Waals surface area contributed by atoms with Gasteiger partial charge in [0, 0.05) is 70.1 Å². The van der Waals surface area contributed by atoms with Crippen LogP contribution in [0.5, 0.6) is 0 Å². The SMILES string of the molecule is CCN1C[C@]2(C)CC[C@H](OC(C)=O)[C@@]34C5C[C@@H]6[C@@H](OC)C[C@@](OC(C)=O)(C5[C@H]6OC(C)=O)[C@@H](CC23)C14. The fraction of sp³-hybridized carbons (Fsp3) is 0.893. The van der Waals surface area contributed by atoms with Crippen LogP contribution in [0, 0.1) is 40.4 Å². The van der Waals surface area contributed by atoms with Crippen LogP contribution in [0.2, 0.25) is 0 Å². The summed E-state index contributed by atoms with van der Waals surface area (Å²) in [4.78, 5) is 40.2. The third kappa shape index (κ3) is 2.86. The number of methoxy groups -OCH3 is 1. The van der Waals surface area contributed by atoms with Crippen molar-refractivity contribution in [3.63, 3.8) is 0 Å². The van der Waals surface area contributed by atoms with Gasteiger partial charge in [0.2, 0.25) is 0 Å². The van der Waals surface area contributed by atoms with E-state index in [1.807, 2.05) is 0 Å². The lowest BCUT2D eigenvalue weighted by Gasteiger charge is -2.69. The number of fused-ring (bicyclic) bond motifs is 2. The zero-order chi connectivity index (χ0) is 25.8. The maximum absolute atomic E-state index is 12.8. The van der Waals surface area contributed by atoms with Crippen LogP contribution in [0.1, 0.15) is 66.7 Å². The summed E-state index contributed by atoms with van der Waals surface area (Å²) in [5.74, 6) is -0.373. The van der Waals surface area contributed by atoms with Crippen molar-refractivity contribution in [2.45, 2.75) is 96.7 Å². The summed E-state index contributed by atoms with van der Waals surface area (Å²) in [5, 5.41) is 0. The normalized spacial score (nSPS) is 52.0. The zero-order valence-corrected chi connectivity index (χ0v) is 22.5. The lowest BCUT2D eigenvalue weighted by Crippen LogP contribution is -2.76. The Morgan fingerprint density at radius 3 is 2.33 bits per heavy atom. The fourth-order valence-electron chi connectivity index (χ4n) is 11.1. The molecule has 4 unspecified atom stereocenters. The van der Waals surface area contributed by atoms with Crippen LogP contribution >= 0.6 is 0 Å². The van der Waals surface area contributed by atoms with Gasteiger partial charge in [0.15, 0.2) is 0 Å². The molecular formula is C28H41NO7. The highest BCUT2D eigenvalue weighted by Gasteiger charge is 2.85. The average molecular weight is 504 g/mol. The van der Waals surface area contributed by atoms with E-state index in [9.17, 15) is 14.4 Å². The lowest BCUT2D eigenvalue weighted by atomic mass is 9.43. The fourth-order valence-corrected chi connectivity index (χ4v) is 11.1. The molecule has 7 bridgehead atoms. The molecule has 12 atom stereocenters. The van der Waals surface area contributed by atoms with Gasteiger partial charge in [-0.3, -0.25) is 19.3 Å². The second-order valence-electron chi connectivity index (χ2n) is 12.8. The monoisotopic (exact) mass is 503 g/mol. The summed E-state index contributed by atoms with van der Waals surface area (Å²) in [6.45, 7) is 11.0. The lowest BCUT2D eigenvalue weighted by molar-refractivity contribution is -0.275. The van der Waals surface area contributed by atoms with E-state index in [2.05, 4.69) is 18.7 Å². The first-order valence-corrected chi connectivity index (χ1v) is 13.8. The van der Waals surface area contributed by atoms with E-state index in [1.165, 1.54) is 20.8 Å². The van der Waals surface area contributed by atoms with Crippen LogP contribution in [-0.2, 0) is 33.3 Å². The Balaban J connectivity index is 1.61. The van der Waals surface area contributed by atoms with Crippen molar-refractivity contribution in [2.75, 3.05) is 20.2 Å². The number of hydrogen-bond acceptors (Lipinski definition) is 8. The Morgan fingerprint density at radius 1 is 1.00 bits per heavy atom. The molecule has 36 heavy (non-hydrogen) atoms. The van der Waals surface area contributed by atoms with Crippen LogP contribution in [0.4, 0.5) is 0 Å². The molecule has 1 saturated heterocycles. The first-order valence-electron chi connectivity index (χ1n) is 13.8. The summed E-state index contributed by atoms with van der Waals surface area (Å²) in [6, 6.07) is 0.151. The van der Waals surface area contributed by atoms with E-state index in [0.29, 0.717) is 12.3 Å². The quantitative estimate of drug-likeness (QED) is 0.418. The highest BCUT2D eigenvalue weighted by molar-refractivity contribution is 5.68. The summed E-state index contributed by atoms with van der Waals surface area (Å²) in [7, 11) is 1.71. The molecule has 5 aliphatic carbocycles. The van der Waals surface area contributed by atoms with Gasteiger partial charge in [0.1, 0.15) is 17.8 Å². The summed E-state index contributed by atoms with van der Waals surface area (Å²) >= 11 is 0. The van der Waals surface area contributed by atoms with Gasteiger partial charge in [0.05, 0.1) is 6.10 Å². The van der Waals surface area contributed by atoms with Crippen molar-refractivity contribution in [1.82, 2.24) is 4.90 Å². The van der Waals surface area contributed by atoms with E-state index in [4.69, 9.17) is 18.9 Å². The number of nitrogens with zero attached hydrogens (tertiary/aromatic N) is 1. The van der Waals surface area contributed by atoms with Crippen LogP contribution in [-0.4, -0.2) is 73.0 Å². The number of esters is 3. The van der Waals surface area contributed by atoms with Crippen molar-refractivity contribution in [3.8, 4) is 0 Å². The van der Waals surface area contributed by atoms with Gasteiger partial charge in [-0.2, -0.15) is 0 Å². The van der Waals surface area contributed by atoms with E-state index in [1.54, 1.807) is 7.11 Å². The van der Waals surface area contributed by atoms with Gasteiger partial charge in [-0.25, -0.2) is 0 Å². The smallest absolute Gasteiger partial charge is 0.303 e. The minimum Gasteiger partial charge on any atom is -0.462 e. The first-order chi connectivity index (χ1) is 17.0. The minimum atomic E-state index is -0.767. The standard InChI is InChI=1S/C28H41NO7/c1-7-29-13-26(5)9-8-22(34-14(2)30)28-18-10-17-20(33-6)12-27(36-16(4)32,19(25(28)29)11-21(26)28)23(18)24(17)35-15(3)31/h17-25H,7-13H2,1-6H3/t17-,18?,19+,20+,21?,22+,23?,24+,25?,26+,27+,28-/m1/s1. The van der Waals surface area contributed by atoms with Crippen molar-refractivity contribution in [2.24, 2.45) is 40.4 Å². The number of carbonyl (C=O) groups is 3. The van der Waals surface area contributed by atoms with Crippen molar-refractivity contribution < 1.29 is 33.3 Å². The molecule has 1 aliphatic heterocycles. The zero-order valence-electron chi connectivity index (χ0n) is 22.5. The summed E-state index contributed by atoms with van der Waals surface area (Å²) in [5.41, 5.74) is -0.914. The molecule has 6 fully saturated rings. The van der Waals surface area contributed by atoms with E-state index in [-0.39, 0.29) is 76.8 Å². The van der Waals surface area contributed by atoms with Gasteiger partial charge >= 0.3 is 17.9 Å².